The van der Waals surface area contributed by atoms with Crippen molar-refractivity contribution in [1.29, 1.82) is 0 Å². The van der Waals surface area contributed by atoms with E-state index in [9.17, 15) is 10.2 Å². The molecule has 0 amide bonds. The first-order valence-corrected chi connectivity index (χ1v) is 28.2. The van der Waals surface area contributed by atoms with Gasteiger partial charge in [-0.15, -0.1) is 11.5 Å². The van der Waals surface area contributed by atoms with E-state index in [1.807, 2.05) is 19.9 Å². The second-order valence-corrected chi connectivity index (χ2v) is 19.4. The van der Waals surface area contributed by atoms with Crippen LogP contribution < -0.4 is 10.2 Å². The predicted molar refractivity (Wildman–Crippen MR) is 289 cm³/mol. The van der Waals surface area contributed by atoms with E-state index >= 15 is 0 Å². The first-order valence-electron chi connectivity index (χ1n) is 28.2. The second kappa shape index (κ2) is 42.0. The maximum Gasteiger partial charge on any atom is 2.00 e. The fourth-order valence-corrected chi connectivity index (χ4v) is 9.01. The van der Waals surface area contributed by atoms with Crippen molar-refractivity contribution < 1.29 is 26.7 Å². The van der Waals surface area contributed by atoms with Crippen LogP contribution in [0.4, 0.5) is 11.4 Å². The Hall–Kier alpha value is -2.91. The van der Waals surface area contributed by atoms with E-state index < -0.39 is 0 Å². The van der Waals surface area contributed by atoms with Gasteiger partial charge in [0.1, 0.15) is 0 Å². The molecule has 3 rings (SSSR count). The van der Waals surface area contributed by atoms with E-state index in [0.717, 1.165) is 67.4 Å². The number of rotatable bonds is 38. The van der Waals surface area contributed by atoms with Crippen LogP contribution in [0.3, 0.4) is 0 Å². The summed E-state index contributed by atoms with van der Waals surface area (Å²) in [5.74, 6) is -0.546. The van der Waals surface area contributed by atoms with Gasteiger partial charge >= 0.3 is 16.5 Å². The Morgan fingerprint density at radius 3 is 1.07 bits per heavy atom. The van der Waals surface area contributed by atoms with Crippen molar-refractivity contribution in [2.24, 2.45) is 9.98 Å². The molecule has 0 atom stereocenters. The summed E-state index contributed by atoms with van der Waals surface area (Å²) >= 11 is 0. The third-order valence-electron chi connectivity index (χ3n) is 13.5. The zero-order valence-corrected chi connectivity index (χ0v) is 45.5. The largest absolute Gasteiger partial charge is 2.00 e. The molecule has 4 nitrogen and oxygen atoms in total. The zero-order chi connectivity index (χ0) is 47.9. The van der Waals surface area contributed by atoms with Crippen LogP contribution >= 0.6 is 0 Å². The number of hydrogen-bond acceptors (Lipinski definition) is 4. The van der Waals surface area contributed by atoms with Crippen molar-refractivity contribution in [1.82, 2.24) is 0 Å². The first kappa shape index (κ1) is 62.1. The summed E-state index contributed by atoms with van der Waals surface area (Å²) in [5, 5.41) is 23.7. The topological polar surface area (TPSA) is 70.8 Å². The van der Waals surface area contributed by atoms with E-state index in [0.29, 0.717) is 12.0 Å². The minimum absolute atomic E-state index is 0. The van der Waals surface area contributed by atoms with Gasteiger partial charge in [0.15, 0.2) is 0 Å². The fraction of sp³-hybridized carbons (Fsp3) is 0.677. The van der Waals surface area contributed by atoms with Gasteiger partial charge in [-0.3, -0.25) is 9.98 Å². The Morgan fingerprint density at radius 1 is 0.358 bits per heavy atom. The third kappa shape index (κ3) is 28.4. The Balaban J connectivity index is 0.00000111. The number of aliphatic imine (C=N–C) groups is 2. The molecule has 5 heteroatoms. The molecular formula is C62H100N2NiO2. The van der Waals surface area contributed by atoms with Crippen LogP contribution in [0.25, 0.3) is 0 Å². The predicted octanol–water partition coefficient (Wildman–Crippen LogP) is 18.9. The summed E-state index contributed by atoms with van der Waals surface area (Å²) in [6.07, 6.45) is 43.7. The summed E-state index contributed by atoms with van der Waals surface area (Å²) < 4.78 is 0. The average Bonchev–Trinajstić information content (AvgIpc) is 3.34. The van der Waals surface area contributed by atoms with Gasteiger partial charge < -0.3 is 10.2 Å². The number of hydrogen-bond donors (Lipinski definition) is 0. The minimum Gasteiger partial charge on any atom is -0.873 e. The molecule has 0 heterocycles. The molecule has 0 fully saturated rings. The molecule has 0 unspecified atom stereocenters. The molecule has 0 aromatic heterocycles. The number of benzene rings is 3. The third-order valence-corrected chi connectivity index (χ3v) is 13.5. The molecule has 3 aromatic rings. The summed E-state index contributed by atoms with van der Waals surface area (Å²) in [6.45, 7) is 15.2. The molecule has 3 aromatic carbocycles. The monoisotopic (exact) mass is 963 g/mol. The van der Waals surface area contributed by atoms with Gasteiger partial charge in [-0.1, -0.05) is 238 Å². The molecule has 380 valence electrons. The Bertz CT molecular complexity index is 1680. The van der Waals surface area contributed by atoms with Gasteiger partial charge in [-0.05, 0) is 118 Å². The number of nitrogens with zero attached hydrogens (tertiary/aromatic N) is 2. The van der Waals surface area contributed by atoms with Crippen molar-refractivity contribution in [3.63, 3.8) is 0 Å². The van der Waals surface area contributed by atoms with Crippen molar-refractivity contribution >= 4 is 22.8 Å². The van der Waals surface area contributed by atoms with Crippen LogP contribution in [0.2, 0.25) is 0 Å². The van der Waals surface area contributed by atoms with Crippen LogP contribution in [0, 0.1) is 0 Å². The Labute approximate surface area is 424 Å². The van der Waals surface area contributed by atoms with Gasteiger partial charge in [-0.2, -0.15) is 0 Å². The molecular weight excluding hydrogens is 863 g/mol. The zero-order valence-electron chi connectivity index (χ0n) is 44.5. The molecule has 0 radical (unpaired) electrons. The quantitative estimate of drug-likeness (QED) is 0.0326. The minimum atomic E-state index is -0.286. The van der Waals surface area contributed by atoms with Crippen LogP contribution in [0.1, 0.15) is 269 Å². The summed E-state index contributed by atoms with van der Waals surface area (Å²) in [5.41, 5.74) is 9.97. The molecule has 0 saturated carbocycles. The van der Waals surface area contributed by atoms with E-state index in [-0.39, 0.29) is 28.0 Å². The molecule has 0 aliphatic heterocycles. The van der Waals surface area contributed by atoms with E-state index in [2.05, 4.69) is 83.1 Å². The number of unbranched alkanes of at least 4 members (excludes halogenated alkanes) is 23. The Morgan fingerprint density at radius 2 is 0.701 bits per heavy atom. The smallest absolute Gasteiger partial charge is 0.873 e. The summed E-state index contributed by atoms with van der Waals surface area (Å²) in [7, 11) is 0. The van der Waals surface area contributed by atoms with Crippen molar-refractivity contribution in [2.75, 3.05) is 0 Å². The van der Waals surface area contributed by atoms with E-state index in [1.54, 1.807) is 0 Å². The van der Waals surface area contributed by atoms with Crippen LogP contribution in [0.15, 0.2) is 64.6 Å². The molecule has 0 N–H and O–H groups in total. The summed E-state index contributed by atoms with van der Waals surface area (Å²) in [4.78, 5) is 10.6. The van der Waals surface area contributed by atoms with E-state index in [1.165, 1.54) is 196 Å². The number of aryl methyl sites for hydroxylation is 4. The average molecular weight is 964 g/mol. The molecule has 0 aliphatic rings. The van der Waals surface area contributed by atoms with Crippen LogP contribution in [-0.2, 0) is 48.6 Å². The standard InChI is InChI=1S/C48H80N2.C14H22O2.Ni/c1-5-9-13-16-19-21-23-25-28-31-43-35-39-45(40-36-43)49-47(33-12-8-4)48(34-30-27-18-15-11-7-3)50-46-41-37-44(38-42-46)32-29-26-24-22-20-17-14-10-6-2;1-4-7-8-12-10(5-2)9-11(6-3)13(15)14(12)16;/h35-42H,5-34H2,1-4H3;9,15-16H,4-8H2,1-3H3;/q;;+2/p-2. The van der Waals surface area contributed by atoms with Gasteiger partial charge in [0.2, 0.25) is 0 Å². The van der Waals surface area contributed by atoms with Gasteiger partial charge in [0.25, 0.3) is 0 Å². The van der Waals surface area contributed by atoms with Crippen LogP contribution in [-0.4, -0.2) is 11.4 Å². The SMILES string of the molecule is CCCCCCCCCCCc1ccc(N=C(CCCC)C(CCCCCCCC)=Nc2ccc(CCCCCCCCCCC)cc2)cc1.CCCCc1c(CC)cc(CC)c([O-])c1[O-].[Ni+2]. The van der Waals surface area contributed by atoms with Gasteiger partial charge in [0.05, 0.1) is 22.8 Å². The Kier molecular flexibility index (Phi) is 38.9. The van der Waals surface area contributed by atoms with Gasteiger partial charge in [0, 0.05) is 0 Å². The van der Waals surface area contributed by atoms with Crippen molar-refractivity contribution in [2.45, 2.75) is 273 Å². The maximum absolute atomic E-state index is 11.9. The molecule has 0 spiro atoms. The fourth-order valence-electron chi connectivity index (χ4n) is 9.01. The van der Waals surface area contributed by atoms with E-state index in [4.69, 9.17) is 9.98 Å². The molecule has 67 heavy (non-hydrogen) atoms. The van der Waals surface area contributed by atoms with Crippen molar-refractivity contribution in [3.8, 4) is 11.5 Å². The first-order chi connectivity index (χ1) is 32.3. The summed E-state index contributed by atoms with van der Waals surface area (Å²) in [6, 6.07) is 20.2. The second-order valence-electron chi connectivity index (χ2n) is 19.4. The molecule has 0 aliphatic carbocycles. The normalized spacial score (nSPS) is 11.7. The van der Waals surface area contributed by atoms with Crippen LogP contribution in [0.5, 0.6) is 11.5 Å². The molecule has 0 saturated heterocycles. The van der Waals surface area contributed by atoms with Gasteiger partial charge in [-0.25, -0.2) is 0 Å². The van der Waals surface area contributed by atoms with Crippen molar-refractivity contribution in [3.05, 3.63) is 82.4 Å². The maximum atomic E-state index is 11.9. The molecule has 0 bridgehead atoms.